The highest BCUT2D eigenvalue weighted by atomic mass is 32.2. The van der Waals surface area contributed by atoms with Crippen LogP contribution in [0.2, 0.25) is 0 Å². The van der Waals surface area contributed by atoms with Gasteiger partial charge < -0.3 is 14.4 Å². The van der Waals surface area contributed by atoms with Gasteiger partial charge in [-0.25, -0.2) is 13.4 Å². The molecule has 4 aromatic rings. The van der Waals surface area contributed by atoms with Crippen LogP contribution in [0.25, 0.3) is 16.9 Å². The Bertz CT molecular complexity index is 1530. The number of anilines is 1. The van der Waals surface area contributed by atoms with Crippen molar-refractivity contribution in [2.45, 2.75) is 18.7 Å². The second-order valence-electron chi connectivity index (χ2n) is 8.70. The standard InChI is InChI=1S/C25H28N6O4S/c1-17-5-6-18(2)23(13-17)36(32,33)30-11-9-29(10-12-30)24-20(15-26-25-27-16-28-31(24)25)19-7-8-21(34-3)22(14-19)35-4/h5-8,13-16H,9-12H2,1-4H3. The van der Waals surface area contributed by atoms with Gasteiger partial charge in [0.15, 0.2) is 11.5 Å². The summed E-state index contributed by atoms with van der Waals surface area (Å²) in [7, 11) is -0.413. The van der Waals surface area contributed by atoms with Crippen LogP contribution in [0, 0.1) is 13.8 Å². The minimum absolute atomic E-state index is 0.347. The molecule has 0 amide bonds. The lowest BCUT2D eigenvalue weighted by atomic mass is 10.1. The molecule has 11 heteroatoms. The average molecular weight is 509 g/mol. The first-order chi connectivity index (χ1) is 17.3. The molecule has 0 N–H and O–H groups in total. The molecule has 0 aliphatic carbocycles. The molecule has 2 aromatic carbocycles. The van der Waals surface area contributed by atoms with Gasteiger partial charge in [-0.1, -0.05) is 18.2 Å². The predicted octanol–water partition coefficient (Wildman–Crippen LogP) is 2.94. The first kappa shape index (κ1) is 24.0. The third-order valence-electron chi connectivity index (χ3n) is 6.47. The summed E-state index contributed by atoms with van der Waals surface area (Å²) in [6, 6.07) is 11.2. The van der Waals surface area contributed by atoms with Gasteiger partial charge in [-0.3, -0.25) is 0 Å². The zero-order valence-corrected chi connectivity index (χ0v) is 21.5. The van der Waals surface area contributed by atoms with Crippen molar-refractivity contribution in [3.8, 4) is 22.6 Å². The van der Waals surface area contributed by atoms with Crippen LogP contribution in [0.4, 0.5) is 5.82 Å². The fraction of sp³-hybridized carbons (Fsp3) is 0.320. The van der Waals surface area contributed by atoms with Crippen LogP contribution in [0.1, 0.15) is 11.1 Å². The molecule has 3 heterocycles. The maximum absolute atomic E-state index is 13.4. The monoisotopic (exact) mass is 508 g/mol. The summed E-state index contributed by atoms with van der Waals surface area (Å²) in [5, 5.41) is 4.41. The normalized spacial score (nSPS) is 14.8. The molecule has 1 fully saturated rings. The van der Waals surface area contributed by atoms with E-state index in [1.54, 1.807) is 35.3 Å². The van der Waals surface area contributed by atoms with Crippen molar-refractivity contribution in [1.29, 1.82) is 0 Å². The number of methoxy groups -OCH3 is 2. The van der Waals surface area contributed by atoms with Crippen LogP contribution in [0.5, 0.6) is 11.5 Å². The lowest BCUT2D eigenvalue weighted by Crippen LogP contribution is -2.49. The maximum Gasteiger partial charge on any atom is 0.254 e. The van der Waals surface area contributed by atoms with Crippen LogP contribution < -0.4 is 14.4 Å². The highest BCUT2D eigenvalue weighted by Crippen LogP contribution is 2.37. The largest absolute Gasteiger partial charge is 0.493 e. The maximum atomic E-state index is 13.4. The van der Waals surface area contributed by atoms with Crippen LogP contribution in [0.3, 0.4) is 0 Å². The first-order valence-electron chi connectivity index (χ1n) is 11.6. The number of fused-ring (bicyclic) bond motifs is 1. The van der Waals surface area contributed by atoms with Gasteiger partial charge in [-0.15, -0.1) is 0 Å². The summed E-state index contributed by atoms with van der Waals surface area (Å²) in [4.78, 5) is 11.2. The SMILES string of the molecule is COc1ccc(-c2cnc3ncnn3c2N2CCN(S(=O)(=O)c3cc(C)ccc3C)CC2)cc1OC. The van der Waals surface area contributed by atoms with Crippen molar-refractivity contribution in [3.63, 3.8) is 0 Å². The molecule has 0 spiro atoms. The molecule has 0 radical (unpaired) electrons. The van der Waals surface area contributed by atoms with Gasteiger partial charge >= 0.3 is 0 Å². The zero-order chi connectivity index (χ0) is 25.4. The molecule has 0 unspecified atom stereocenters. The van der Waals surface area contributed by atoms with Crippen molar-refractivity contribution in [3.05, 3.63) is 60.0 Å². The Balaban J connectivity index is 1.49. The van der Waals surface area contributed by atoms with Crippen molar-refractivity contribution in [2.75, 3.05) is 45.3 Å². The molecule has 0 bridgehead atoms. The molecular weight excluding hydrogens is 480 g/mol. The second kappa shape index (κ2) is 9.40. The fourth-order valence-electron chi connectivity index (χ4n) is 4.54. The third-order valence-corrected chi connectivity index (χ3v) is 8.52. The van der Waals surface area contributed by atoms with E-state index in [1.165, 1.54) is 6.33 Å². The number of aryl methyl sites for hydroxylation is 2. The fourth-order valence-corrected chi connectivity index (χ4v) is 6.28. The van der Waals surface area contributed by atoms with Gasteiger partial charge in [0.25, 0.3) is 5.78 Å². The van der Waals surface area contributed by atoms with E-state index in [1.807, 2.05) is 44.2 Å². The number of hydrogen-bond donors (Lipinski definition) is 0. The summed E-state index contributed by atoms with van der Waals surface area (Å²) >= 11 is 0. The molecular formula is C25H28N6O4S. The van der Waals surface area contributed by atoms with E-state index in [9.17, 15) is 8.42 Å². The summed E-state index contributed by atoms with van der Waals surface area (Å²) in [5.74, 6) is 2.50. The van der Waals surface area contributed by atoms with Gasteiger partial charge in [-0.05, 0) is 48.7 Å². The van der Waals surface area contributed by atoms with Gasteiger partial charge in [0.1, 0.15) is 12.1 Å². The van der Waals surface area contributed by atoms with Crippen LogP contribution in [-0.4, -0.2) is 72.7 Å². The van der Waals surface area contributed by atoms with Crippen LogP contribution in [-0.2, 0) is 10.0 Å². The number of ether oxygens (including phenoxy) is 2. The molecule has 1 aliphatic heterocycles. The molecule has 1 saturated heterocycles. The lowest BCUT2D eigenvalue weighted by molar-refractivity contribution is 0.355. The number of benzene rings is 2. The van der Waals surface area contributed by atoms with E-state index in [0.29, 0.717) is 48.4 Å². The Kier molecular flexibility index (Phi) is 6.27. The number of aromatic nitrogens is 4. The summed E-state index contributed by atoms with van der Waals surface area (Å²) in [6.45, 7) is 5.40. The number of nitrogens with zero attached hydrogens (tertiary/aromatic N) is 6. The Morgan fingerprint density at radius 2 is 1.64 bits per heavy atom. The topological polar surface area (TPSA) is 102 Å². The molecule has 188 valence electrons. The zero-order valence-electron chi connectivity index (χ0n) is 20.7. The minimum Gasteiger partial charge on any atom is -0.493 e. The predicted molar refractivity (Wildman–Crippen MR) is 136 cm³/mol. The van der Waals surface area contributed by atoms with Crippen molar-refractivity contribution >= 4 is 21.6 Å². The number of hydrogen-bond acceptors (Lipinski definition) is 8. The molecule has 0 saturated carbocycles. The van der Waals surface area contributed by atoms with Crippen LogP contribution in [0.15, 0.2) is 53.8 Å². The molecule has 2 aromatic heterocycles. The lowest BCUT2D eigenvalue weighted by Gasteiger charge is -2.36. The van der Waals surface area contributed by atoms with Gasteiger partial charge in [-0.2, -0.15) is 18.9 Å². The van der Waals surface area contributed by atoms with Gasteiger partial charge in [0.05, 0.1) is 19.1 Å². The van der Waals surface area contributed by atoms with E-state index in [-0.39, 0.29) is 0 Å². The highest BCUT2D eigenvalue weighted by molar-refractivity contribution is 7.89. The Labute approximate surface area is 210 Å². The van der Waals surface area contributed by atoms with Crippen molar-refractivity contribution < 1.29 is 17.9 Å². The Morgan fingerprint density at radius 3 is 2.36 bits per heavy atom. The molecule has 5 rings (SSSR count). The molecule has 0 atom stereocenters. The van der Waals surface area contributed by atoms with E-state index in [2.05, 4.69) is 20.0 Å². The second-order valence-corrected chi connectivity index (χ2v) is 10.6. The van der Waals surface area contributed by atoms with Crippen molar-refractivity contribution in [1.82, 2.24) is 23.9 Å². The molecule has 1 aliphatic rings. The smallest absolute Gasteiger partial charge is 0.254 e. The van der Waals surface area contributed by atoms with Crippen molar-refractivity contribution in [2.24, 2.45) is 0 Å². The van der Waals surface area contributed by atoms with Gasteiger partial charge in [0.2, 0.25) is 10.0 Å². The minimum atomic E-state index is -3.60. The third kappa shape index (κ3) is 4.14. The number of piperazine rings is 1. The quantitative estimate of drug-likeness (QED) is 0.392. The summed E-state index contributed by atoms with van der Waals surface area (Å²) in [5.41, 5.74) is 3.37. The van der Waals surface area contributed by atoms with E-state index < -0.39 is 10.0 Å². The number of sulfonamides is 1. The first-order valence-corrected chi connectivity index (χ1v) is 13.0. The van der Waals surface area contributed by atoms with Gasteiger partial charge in [0, 0.05) is 37.9 Å². The number of rotatable bonds is 6. The van der Waals surface area contributed by atoms with E-state index in [0.717, 1.165) is 28.1 Å². The average Bonchev–Trinajstić information content (AvgIpc) is 3.38. The highest BCUT2D eigenvalue weighted by Gasteiger charge is 2.31. The summed E-state index contributed by atoms with van der Waals surface area (Å²) in [6.07, 6.45) is 3.23. The Hall–Kier alpha value is -3.70. The molecule has 10 nitrogen and oxygen atoms in total. The van der Waals surface area contributed by atoms with E-state index >= 15 is 0 Å². The molecule has 36 heavy (non-hydrogen) atoms. The Morgan fingerprint density at radius 1 is 0.889 bits per heavy atom. The van der Waals surface area contributed by atoms with E-state index in [4.69, 9.17) is 9.47 Å². The summed E-state index contributed by atoms with van der Waals surface area (Å²) < 4.78 is 41.0. The van der Waals surface area contributed by atoms with Crippen LogP contribution >= 0.6 is 0 Å².